The molecule has 1 aliphatic carbocycles. The van der Waals surface area contributed by atoms with Crippen molar-refractivity contribution in [1.82, 2.24) is 19.9 Å². The van der Waals surface area contributed by atoms with Crippen LogP contribution in [0.2, 0.25) is 0 Å². The average Bonchev–Trinajstić information content (AvgIpc) is 3.54. The normalized spacial score (nSPS) is 14.2. The van der Waals surface area contributed by atoms with Crippen LogP contribution in [0.1, 0.15) is 55.4 Å². The number of nitrogens with two attached hydrogens (primary N) is 1. The van der Waals surface area contributed by atoms with E-state index in [0.717, 1.165) is 0 Å². The van der Waals surface area contributed by atoms with Crippen LogP contribution in [0, 0.1) is 0 Å². The van der Waals surface area contributed by atoms with Crippen LogP contribution in [0.3, 0.4) is 0 Å². The fourth-order valence-corrected chi connectivity index (χ4v) is 5.79. The first-order chi connectivity index (χ1) is 15.6. The van der Waals surface area contributed by atoms with Crippen molar-refractivity contribution in [2.24, 2.45) is 5.73 Å². The number of thiazole rings is 1. The topological polar surface area (TPSA) is 150 Å². The number of pyridine rings is 1. The number of hydrogen-bond acceptors (Lipinski definition) is 9. The summed E-state index contributed by atoms with van der Waals surface area (Å²) in [4.78, 5) is 29.6. The molecular weight excluding hydrogens is 464 g/mol. The highest BCUT2D eigenvalue weighted by Gasteiger charge is 2.37. The summed E-state index contributed by atoms with van der Waals surface area (Å²) in [5, 5.41) is 1.69. The van der Waals surface area contributed by atoms with E-state index in [2.05, 4.69) is 24.7 Å². The lowest BCUT2D eigenvalue weighted by Crippen LogP contribution is -2.27. The van der Waals surface area contributed by atoms with Crippen LogP contribution in [0.5, 0.6) is 5.88 Å². The van der Waals surface area contributed by atoms with Crippen molar-refractivity contribution in [3.8, 4) is 17.1 Å². The molecule has 0 aromatic carbocycles. The van der Waals surface area contributed by atoms with E-state index in [9.17, 15) is 13.2 Å². The molecule has 174 valence electrons. The maximum Gasteiger partial charge on any atom is 0.267 e. The van der Waals surface area contributed by atoms with E-state index in [-0.39, 0.29) is 16.1 Å². The van der Waals surface area contributed by atoms with Crippen molar-refractivity contribution < 1.29 is 17.9 Å². The van der Waals surface area contributed by atoms with Gasteiger partial charge in [-0.2, -0.15) is 0 Å². The third kappa shape index (κ3) is 4.81. The predicted molar refractivity (Wildman–Crippen MR) is 125 cm³/mol. The average molecular weight is 489 g/mol. The standard InChI is InChI=1S/C21H24N6O4S2/c1-4-31-17-10-23-9-15(25-17)12-7-14(18(19(22)28)24-8-12)21(2,3)16-11-32-20(26-16)27-33(29,30)13-5-6-13/h7-11,13H,4-6H2,1-3H3,(H2,22,28)(H,26,27). The molecule has 1 saturated carbocycles. The molecule has 0 unspecified atom stereocenters. The van der Waals surface area contributed by atoms with Crippen LogP contribution in [0.25, 0.3) is 11.3 Å². The second-order valence-electron chi connectivity index (χ2n) is 8.17. The SMILES string of the molecule is CCOc1cncc(-c2cnc(C(N)=O)c(C(C)(C)c3csc(NS(=O)(=O)C4CC4)n3)c2)n1. The maximum absolute atomic E-state index is 12.3. The number of ether oxygens (including phenoxy) is 1. The minimum absolute atomic E-state index is 0.103. The Hall–Kier alpha value is -3.12. The van der Waals surface area contributed by atoms with Crippen molar-refractivity contribution in [2.75, 3.05) is 11.3 Å². The molecule has 3 heterocycles. The van der Waals surface area contributed by atoms with Gasteiger partial charge in [-0.25, -0.2) is 18.4 Å². The van der Waals surface area contributed by atoms with Crippen molar-refractivity contribution in [1.29, 1.82) is 0 Å². The zero-order valence-corrected chi connectivity index (χ0v) is 20.0. The predicted octanol–water partition coefficient (Wildman–Crippen LogP) is 2.72. The third-order valence-corrected chi connectivity index (χ3v) is 8.05. The molecule has 0 saturated heterocycles. The van der Waals surface area contributed by atoms with Gasteiger partial charge in [0.1, 0.15) is 5.69 Å². The Morgan fingerprint density at radius 1 is 1.27 bits per heavy atom. The van der Waals surface area contributed by atoms with Gasteiger partial charge in [-0.1, -0.05) is 13.8 Å². The first-order valence-corrected chi connectivity index (χ1v) is 12.8. The van der Waals surface area contributed by atoms with Crippen LogP contribution in [-0.2, 0) is 15.4 Å². The number of rotatable bonds is 9. The van der Waals surface area contributed by atoms with E-state index in [0.29, 0.717) is 47.8 Å². The number of carbonyl (C=O) groups is 1. The first-order valence-electron chi connectivity index (χ1n) is 10.3. The smallest absolute Gasteiger partial charge is 0.267 e. The summed E-state index contributed by atoms with van der Waals surface area (Å²) < 4.78 is 32.5. The minimum Gasteiger partial charge on any atom is -0.477 e. The quantitative estimate of drug-likeness (QED) is 0.467. The second kappa shape index (κ2) is 8.67. The number of anilines is 1. The fraction of sp³-hybridized carbons (Fsp3) is 0.381. The molecule has 3 aromatic rings. The van der Waals surface area contributed by atoms with Crippen LogP contribution >= 0.6 is 11.3 Å². The van der Waals surface area contributed by atoms with Crippen LogP contribution in [-0.4, -0.2) is 46.1 Å². The summed E-state index contributed by atoms with van der Waals surface area (Å²) in [5.74, 6) is -0.300. The molecule has 10 nitrogen and oxygen atoms in total. The maximum atomic E-state index is 12.3. The monoisotopic (exact) mass is 488 g/mol. The molecular formula is C21H24N6O4S2. The molecule has 1 aliphatic rings. The number of aromatic nitrogens is 4. The van der Waals surface area contributed by atoms with Gasteiger partial charge in [-0.15, -0.1) is 11.3 Å². The summed E-state index contributed by atoms with van der Waals surface area (Å²) in [7, 11) is -3.43. The Bertz CT molecular complexity index is 1300. The molecule has 0 radical (unpaired) electrons. The molecule has 4 rings (SSSR count). The number of primary amides is 1. The molecule has 3 aromatic heterocycles. The number of nitrogens with one attached hydrogen (secondary N) is 1. The summed E-state index contributed by atoms with van der Waals surface area (Å²) >= 11 is 1.19. The van der Waals surface area contributed by atoms with Gasteiger partial charge in [-0.05, 0) is 31.4 Å². The van der Waals surface area contributed by atoms with E-state index >= 15 is 0 Å². The van der Waals surface area contributed by atoms with Gasteiger partial charge >= 0.3 is 0 Å². The molecule has 1 fully saturated rings. The lowest BCUT2D eigenvalue weighted by atomic mass is 9.80. The van der Waals surface area contributed by atoms with Gasteiger partial charge in [-0.3, -0.25) is 19.5 Å². The third-order valence-electron chi connectivity index (χ3n) is 5.33. The van der Waals surface area contributed by atoms with Crippen LogP contribution < -0.4 is 15.2 Å². The lowest BCUT2D eigenvalue weighted by Gasteiger charge is -2.25. The largest absolute Gasteiger partial charge is 0.477 e. The van der Waals surface area contributed by atoms with Crippen molar-refractivity contribution in [3.63, 3.8) is 0 Å². The first kappa shape index (κ1) is 23.1. The molecule has 1 amide bonds. The number of hydrogen-bond donors (Lipinski definition) is 2. The highest BCUT2D eigenvalue weighted by Crippen LogP contribution is 2.37. The van der Waals surface area contributed by atoms with Crippen LogP contribution in [0.4, 0.5) is 5.13 Å². The molecule has 0 atom stereocenters. The van der Waals surface area contributed by atoms with Gasteiger partial charge in [0.25, 0.3) is 5.91 Å². The van der Waals surface area contributed by atoms with E-state index < -0.39 is 21.3 Å². The van der Waals surface area contributed by atoms with E-state index in [1.165, 1.54) is 23.7 Å². The van der Waals surface area contributed by atoms with Crippen molar-refractivity contribution in [2.45, 2.75) is 44.3 Å². The molecule has 33 heavy (non-hydrogen) atoms. The van der Waals surface area contributed by atoms with E-state index in [1.54, 1.807) is 17.6 Å². The zero-order valence-electron chi connectivity index (χ0n) is 18.4. The fourth-order valence-electron chi connectivity index (χ4n) is 3.31. The molecule has 0 aliphatic heterocycles. The van der Waals surface area contributed by atoms with Gasteiger partial charge in [0.2, 0.25) is 15.9 Å². The molecule has 12 heteroatoms. The van der Waals surface area contributed by atoms with Crippen LogP contribution in [0.15, 0.2) is 30.0 Å². The summed E-state index contributed by atoms with van der Waals surface area (Å²) in [6.07, 6.45) is 5.92. The number of nitrogens with zero attached hydrogens (tertiary/aromatic N) is 4. The van der Waals surface area contributed by atoms with Gasteiger partial charge in [0.05, 0.1) is 35.6 Å². The van der Waals surface area contributed by atoms with E-state index in [4.69, 9.17) is 10.5 Å². The minimum atomic E-state index is -3.43. The number of sulfonamides is 1. The summed E-state index contributed by atoms with van der Waals surface area (Å²) in [5.41, 5.74) is 7.18. The van der Waals surface area contributed by atoms with Gasteiger partial charge in [0, 0.05) is 22.6 Å². The summed E-state index contributed by atoms with van der Waals surface area (Å²) in [6, 6.07) is 1.78. The Labute approximate surface area is 195 Å². The molecule has 0 spiro atoms. The molecule has 3 N–H and O–H groups in total. The Balaban J connectivity index is 1.72. The highest BCUT2D eigenvalue weighted by atomic mass is 32.2. The van der Waals surface area contributed by atoms with Gasteiger partial charge < -0.3 is 10.5 Å². The van der Waals surface area contributed by atoms with Crippen molar-refractivity contribution in [3.05, 3.63) is 47.0 Å². The Morgan fingerprint density at radius 3 is 2.70 bits per heavy atom. The molecule has 0 bridgehead atoms. The number of carbonyl (C=O) groups excluding carboxylic acids is 1. The van der Waals surface area contributed by atoms with Gasteiger partial charge in [0.15, 0.2) is 5.13 Å². The zero-order chi connectivity index (χ0) is 23.8. The second-order valence-corrected chi connectivity index (χ2v) is 11.0. The number of amides is 1. The van der Waals surface area contributed by atoms with Crippen molar-refractivity contribution >= 4 is 32.4 Å². The summed E-state index contributed by atoms with van der Waals surface area (Å²) in [6.45, 7) is 6.05. The Morgan fingerprint density at radius 2 is 2.03 bits per heavy atom. The highest BCUT2D eigenvalue weighted by molar-refractivity contribution is 7.93. The lowest BCUT2D eigenvalue weighted by molar-refractivity contribution is 0.0993. The Kier molecular flexibility index (Phi) is 6.06. The van der Waals surface area contributed by atoms with E-state index in [1.807, 2.05) is 20.8 Å².